The fraction of sp³-hybridized carbons (Fsp3) is 0.417. The van der Waals surface area contributed by atoms with Gasteiger partial charge in [-0.2, -0.15) is 4.31 Å². The maximum Gasteiger partial charge on any atom is 0.246 e. The Morgan fingerprint density at radius 2 is 2.24 bits per heavy atom. The standard InChI is InChI=1S/C12H16FN3O4S/c1-15-12(17)9-7-20-6-5-16(9)21(18,19)10-4-2-3-8(13)11(10)14/h2-4,9H,5-7,14H2,1H3,(H,15,17). The summed E-state index contributed by atoms with van der Waals surface area (Å²) in [5, 5.41) is 2.38. The summed E-state index contributed by atoms with van der Waals surface area (Å²) in [6.07, 6.45) is 0. The molecule has 0 saturated carbocycles. The molecule has 2 rings (SSSR count). The Balaban J connectivity index is 2.46. The molecule has 1 amide bonds. The van der Waals surface area contributed by atoms with Crippen molar-refractivity contribution in [3.8, 4) is 0 Å². The van der Waals surface area contributed by atoms with E-state index in [1.54, 1.807) is 0 Å². The van der Waals surface area contributed by atoms with Gasteiger partial charge < -0.3 is 15.8 Å². The summed E-state index contributed by atoms with van der Waals surface area (Å²) in [6.45, 7) is 0.0897. The number of hydrogen-bond acceptors (Lipinski definition) is 5. The zero-order valence-corrected chi connectivity index (χ0v) is 12.2. The quantitative estimate of drug-likeness (QED) is 0.735. The summed E-state index contributed by atoms with van der Waals surface area (Å²) < 4.78 is 44.9. The second-order valence-corrected chi connectivity index (χ2v) is 6.33. The fourth-order valence-corrected chi connectivity index (χ4v) is 3.80. The number of carbonyl (C=O) groups is 1. The average molecular weight is 317 g/mol. The number of morpholine rings is 1. The Bertz CT molecular complexity index is 650. The lowest BCUT2D eigenvalue weighted by Crippen LogP contribution is -2.55. The highest BCUT2D eigenvalue weighted by Gasteiger charge is 2.39. The fourth-order valence-electron chi connectivity index (χ4n) is 2.12. The number of anilines is 1. The molecule has 0 spiro atoms. The number of carbonyl (C=O) groups excluding carboxylic acids is 1. The zero-order valence-electron chi connectivity index (χ0n) is 11.4. The van der Waals surface area contributed by atoms with Crippen molar-refractivity contribution in [3.63, 3.8) is 0 Å². The number of nitrogens with two attached hydrogens (primary N) is 1. The van der Waals surface area contributed by atoms with E-state index in [-0.39, 0.29) is 24.7 Å². The molecule has 1 aliphatic heterocycles. The van der Waals surface area contributed by atoms with Crippen molar-refractivity contribution in [3.05, 3.63) is 24.0 Å². The van der Waals surface area contributed by atoms with Crippen LogP contribution in [-0.2, 0) is 19.6 Å². The second kappa shape index (κ2) is 5.96. The molecule has 1 atom stereocenters. The highest BCUT2D eigenvalue weighted by Crippen LogP contribution is 2.27. The number of benzene rings is 1. The molecule has 9 heteroatoms. The molecule has 3 N–H and O–H groups in total. The molecule has 0 radical (unpaired) electrons. The molecule has 7 nitrogen and oxygen atoms in total. The minimum atomic E-state index is -4.09. The van der Waals surface area contributed by atoms with Gasteiger partial charge in [0.2, 0.25) is 15.9 Å². The predicted octanol–water partition coefficient (Wildman–Crippen LogP) is -0.457. The first-order valence-electron chi connectivity index (χ1n) is 6.24. The van der Waals surface area contributed by atoms with Gasteiger partial charge in [0.15, 0.2) is 0 Å². The Morgan fingerprint density at radius 1 is 1.52 bits per heavy atom. The molecule has 0 aromatic heterocycles. The Hall–Kier alpha value is -1.71. The van der Waals surface area contributed by atoms with Crippen molar-refractivity contribution >= 4 is 21.6 Å². The Kier molecular flexibility index (Phi) is 4.45. The summed E-state index contributed by atoms with van der Waals surface area (Å²) in [5.41, 5.74) is 5.06. The molecular formula is C12H16FN3O4S. The number of para-hydroxylation sites is 1. The van der Waals surface area contributed by atoms with Gasteiger partial charge in [-0.05, 0) is 12.1 Å². The molecule has 1 heterocycles. The number of halogens is 1. The second-order valence-electron chi connectivity index (χ2n) is 4.47. The summed E-state index contributed by atoms with van der Waals surface area (Å²) in [7, 11) is -2.69. The van der Waals surface area contributed by atoms with Crippen molar-refractivity contribution in [1.82, 2.24) is 9.62 Å². The number of likely N-dealkylation sites (N-methyl/N-ethyl adjacent to an activating group) is 1. The van der Waals surface area contributed by atoms with Crippen LogP contribution in [0, 0.1) is 5.82 Å². The van der Waals surface area contributed by atoms with Crippen LogP contribution in [0.1, 0.15) is 0 Å². The van der Waals surface area contributed by atoms with E-state index in [0.29, 0.717) is 0 Å². The van der Waals surface area contributed by atoms with E-state index in [9.17, 15) is 17.6 Å². The van der Waals surface area contributed by atoms with Crippen LogP contribution in [0.15, 0.2) is 23.1 Å². The van der Waals surface area contributed by atoms with Crippen LogP contribution >= 0.6 is 0 Å². The van der Waals surface area contributed by atoms with Gasteiger partial charge in [0.05, 0.1) is 18.9 Å². The molecular weight excluding hydrogens is 301 g/mol. The predicted molar refractivity (Wildman–Crippen MR) is 73.4 cm³/mol. The first-order chi connectivity index (χ1) is 9.89. The topological polar surface area (TPSA) is 102 Å². The van der Waals surface area contributed by atoms with Gasteiger partial charge in [-0.15, -0.1) is 0 Å². The lowest BCUT2D eigenvalue weighted by molar-refractivity contribution is -0.128. The van der Waals surface area contributed by atoms with Crippen molar-refractivity contribution in [2.45, 2.75) is 10.9 Å². The van der Waals surface area contributed by atoms with E-state index >= 15 is 0 Å². The maximum atomic E-state index is 13.5. The number of nitrogens with zero attached hydrogens (tertiary/aromatic N) is 1. The van der Waals surface area contributed by atoms with Gasteiger partial charge in [0, 0.05) is 13.6 Å². The lowest BCUT2D eigenvalue weighted by Gasteiger charge is -2.33. The molecule has 1 aromatic carbocycles. The first kappa shape index (κ1) is 15.7. The van der Waals surface area contributed by atoms with Crippen molar-refractivity contribution in [2.75, 3.05) is 32.5 Å². The van der Waals surface area contributed by atoms with Crippen LogP contribution in [0.25, 0.3) is 0 Å². The molecule has 21 heavy (non-hydrogen) atoms. The smallest absolute Gasteiger partial charge is 0.246 e. The third kappa shape index (κ3) is 2.85. The van der Waals surface area contributed by atoms with Gasteiger partial charge >= 0.3 is 0 Å². The van der Waals surface area contributed by atoms with E-state index in [1.165, 1.54) is 19.2 Å². The van der Waals surface area contributed by atoms with Crippen LogP contribution in [0.4, 0.5) is 10.1 Å². The van der Waals surface area contributed by atoms with Gasteiger partial charge in [0.25, 0.3) is 0 Å². The molecule has 0 bridgehead atoms. The van der Waals surface area contributed by atoms with Crippen LogP contribution < -0.4 is 11.1 Å². The maximum absolute atomic E-state index is 13.5. The van der Waals surface area contributed by atoms with Crippen LogP contribution in [0.5, 0.6) is 0 Å². The lowest BCUT2D eigenvalue weighted by atomic mass is 10.2. The summed E-state index contributed by atoms with van der Waals surface area (Å²) >= 11 is 0. The average Bonchev–Trinajstić information content (AvgIpc) is 2.49. The van der Waals surface area contributed by atoms with Gasteiger partial charge in [-0.1, -0.05) is 6.07 Å². The third-order valence-corrected chi connectivity index (χ3v) is 5.19. The van der Waals surface area contributed by atoms with E-state index in [2.05, 4.69) is 5.32 Å². The Labute approximate surface area is 121 Å². The molecule has 116 valence electrons. The summed E-state index contributed by atoms with van der Waals surface area (Å²) in [4.78, 5) is 11.5. The Morgan fingerprint density at radius 3 is 2.90 bits per heavy atom. The highest BCUT2D eigenvalue weighted by atomic mass is 32.2. The number of nitrogens with one attached hydrogen (secondary N) is 1. The van der Waals surface area contributed by atoms with Crippen molar-refractivity contribution in [2.24, 2.45) is 0 Å². The minimum Gasteiger partial charge on any atom is -0.395 e. The van der Waals surface area contributed by atoms with Crippen LogP contribution in [-0.4, -0.2) is 51.5 Å². The number of nitrogen functional groups attached to an aromatic ring is 1. The zero-order chi connectivity index (χ0) is 15.6. The summed E-state index contributed by atoms with van der Waals surface area (Å²) in [5.74, 6) is -1.31. The first-order valence-corrected chi connectivity index (χ1v) is 7.68. The number of hydrogen-bond donors (Lipinski definition) is 2. The number of sulfonamides is 1. The molecule has 1 aromatic rings. The summed E-state index contributed by atoms with van der Waals surface area (Å²) in [6, 6.07) is 2.54. The molecule has 1 fully saturated rings. The van der Waals surface area contributed by atoms with Crippen LogP contribution in [0.2, 0.25) is 0 Å². The SMILES string of the molecule is CNC(=O)C1COCCN1S(=O)(=O)c1cccc(F)c1N. The highest BCUT2D eigenvalue weighted by molar-refractivity contribution is 7.89. The monoisotopic (exact) mass is 317 g/mol. The van der Waals surface area contributed by atoms with Gasteiger partial charge in [-0.3, -0.25) is 4.79 Å². The third-order valence-electron chi connectivity index (χ3n) is 3.23. The van der Waals surface area contributed by atoms with Gasteiger partial charge in [0.1, 0.15) is 16.8 Å². The molecule has 1 aliphatic rings. The minimum absolute atomic E-state index is 0.00360. The van der Waals surface area contributed by atoms with E-state index in [0.717, 1.165) is 10.4 Å². The molecule has 0 aliphatic carbocycles. The molecule has 1 unspecified atom stereocenters. The van der Waals surface area contributed by atoms with E-state index in [4.69, 9.17) is 10.5 Å². The number of rotatable bonds is 3. The van der Waals surface area contributed by atoms with Crippen molar-refractivity contribution < 1.29 is 22.3 Å². The van der Waals surface area contributed by atoms with Crippen LogP contribution in [0.3, 0.4) is 0 Å². The van der Waals surface area contributed by atoms with Crippen molar-refractivity contribution in [1.29, 1.82) is 0 Å². The number of amides is 1. The van der Waals surface area contributed by atoms with Gasteiger partial charge in [-0.25, -0.2) is 12.8 Å². The number of ether oxygens (including phenoxy) is 1. The van der Waals surface area contributed by atoms with E-state index < -0.39 is 33.5 Å². The largest absolute Gasteiger partial charge is 0.395 e. The normalized spacial score (nSPS) is 20.2. The van der Waals surface area contributed by atoms with E-state index in [1.807, 2.05) is 0 Å². The molecule has 1 saturated heterocycles.